The number of aromatic nitrogens is 2. The van der Waals surface area contributed by atoms with Crippen LogP contribution in [-0.2, 0) is 19.4 Å². The number of anilines is 1. The van der Waals surface area contributed by atoms with E-state index in [0.717, 1.165) is 36.6 Å². The van der Waals surface area contributed by atoms with Gasteiger partial charge in [0, 0.05) is 6.42 Å². The van der Waals surface area contributed by atoms with E-state index in [-0.39, 0.29) is 0 Å². The predicted molar refractivity (Wildman–Crippen MR) is 68.1 cm³/mol. The lowest BCUT2D eigenvalue weighted by atomic mass is 10.1. The zero-order valence-corrected chi connectivity index (χ0v) is 10.3. The molecule has 0 saturated heterocycles. The summed E-state index contributed by atoms with van der Waals surface area (Å²) in [5.41, 5.74) is 7.07. The summed E-state index contributed by atoms with van der Waals surface area (Å²) in [5, 5.41) is 0. The van der Waals surface area contributed by atoms with E-state index in [1.807, 2.05) is 4.57 Å². The highest BCUT2D eigenvalue weighted by molar-refractivity contribution is 5.39. The minimum atomic E-state index is 0.524. The average molecular weight is 219 g/mol. The highest BCUT2D eigenvalue weighted by Gasteiger charge is 2.11. The Morgan fingerprint density at radius 3 is 2.69 bits per heavy atom. The molecule has 0 radical (unpaired) electrons. The Morgan fingerprint density at radius 1 is 1.38 bits per heavy atom. The normalized spacial score (nSPS) is 10.3. The molecule has 88 valence electrons. The van der Waals surface area contributed by atoms with E-state index in [9.17, 15) is 0 Å². The summed E-state index contributed by atoms with van der Waals surface area (Å²) in [6.07, 6.45) is 10.8. The number of nitrogens with two attached hydrogens (primary N) is 1. The van der Waals surface area contributed by atoms with Crippen molar-refractivity contribution in [2.45, 2.75) is 52.5 Å². The molecule has 3 nitrogen and oxygen atoms in total. The Labute approximate surface area is 98.1 Å². The molecular formula is C13H21N3. The van der Waals surface area contributed by atoms with Crippen LogP contribution >= 0.6 is 0 Å². The van der Waals surface area contributed by atoms with E-state index >= 15 is 0 Å². The SMILES string of the molecule is C#CCn1c(CC)nc(CCCCC)c1N. The van der Waals surface area contributed by atoms with Crippen molar-refractivity contribution in [1.29, 1.82) is 0 Å². The Bertz CT molecular complexity index is 371. The molecule has 0 saturated carbocycles. The molecule has 0 unspecified atom stereocenters. The van der Waals surface area contributed by atoms with E-state index in [0.29, 0.717) is 6.54 Å². The van der Waals surface area contributed by atoms with Crippen LogP contribution in [0.5, 0.6) is 0 Å². The van der Waals surface area contributed by atoms with Gasteiger partial charge in [-0.1, -0.05) is 32.6 Å². The fraction of sp³-hybridized carbons (Fsp3) is 0.615. The number of nitrogen functional groups attached to an aromatic ring is 1. The number of imidazole rings is 1. The van der Waals surface area contributed by atoms with Gasteiger partial charge in [-0.05, 0) is 12.8 Å². The summed E-state index contributed by atoms with van der Waals surface area (Å²) in [4.78, 5) is 4.56. The monoisotopic (exact) mass is 219 g/mol. The summed E-state index contributed by atoms with van der Waals surface area (Å²) >= 11 is 0. The topological polar surface area (TPSA) is 43.8 Å². The van der Waals surface area contributed by atoms with Crippen molar-refractivity contribution in [2.24, 2.45) is 0 Å². The number of hydrogen-bond donors (Lipinski definition) is 1. The van der Waals surface area contributed by atoms with E-state index in [1.54, 1.807) is 0 Å². The third-order valence-corrected chi connectivity index (χ3v) is 2.74. The Balaban J connectivity index is 2.82. The van der Waals surface area contributed by atoms with Gasteiger partial charge in [0.2, 0.25) is 0 Å². The van der Waals surface area contributed by atoms with Gasteiger partial charge in [-0.25, -0.2) is 4.98 Å². The first-order valence-corrected chi connectivity index (χ1v) is 6.01. The largest absolute Gasteiger partial charge is 0.384 e. The fourth-order valence-electron chi connectivity index (χ4n) is 1.83. The molecule has 16 heavy (non-hydrogen) atoms. The van der Waals surface area contributed by atoms with Gasteiger partial charge in [0.05, 0.1) is 12.2 Å². The molecule has 0 aliphatic carbocycles. The maximum Gasteiger partial charge on any atom is 0.127 e. The van der Waals surface area contributed by atoms with E-state index in [4.69, 9.17) is 12.2 Å². The van der Waals surface area contributed by atoms with Crippen LogP contribution < -0.4 is 5.73 Å². The number of unbranched alkanes of at least 4 members (excludes halogenated alkanes) is 2. The molecule has 0 aliphatic rings. The summed E-state index contributed by atoms with van der Waals surface area (Å²) in [5.74, 6) is 4.38. The number of hydrogen-bond acceptors (Lipinski definition) is 2. The first-order valence-electron chi connectivity index (χ1n) is 6.01. The van der Waals surface area contributed by atoms with Crippen molar-refractivity contribution in [2.75, 3.05) is 5.73 Å². The van der Waals surface area contributed by atoms with Gasteiger partial charge in [0.1, 0.15) is 11.6 Å². The molecule has 0 aromatic carbocycles. The molecule has 0 spiro atoms. The highest BCUT2D eigenvalue weighted by Crippen LogP contribution is 2.17. The molecular weight excluding hydrogens is 198 g/mol. The first-order chi connectivity index (χ1) is 7.74. The van der Waals surface area contributed by atoms with Crippen molar-refractivity contribution in [3.8, 4) is 12.3 Å². The van der Waals surface area contributed by atoms with Crippen molar-refractivity contribution >= 4 is 5.82 Å². The molecule has 0 bridgehead atoms. The molecule has 0 atom stereocenters. The standard InChI is InChI=1S/C13H21N3/c1-4-7-8-9-11-13(14)16(10-5-2)12(6-3)15-11/h2H,4,6-10,14H2,1,3H3. The molecule has 0 fully saturated rings. The number of rotatable bonds is 6. The molecule has 1 rings (SSSR count). The van der Waals surface area contributed by atoms with Gasteiger partial charge in [0.15, 0.2) is 0 Å². The molecule has 3 heteroatoms. The molecule has 0 amide bonds. The van der Waals surface area contributed by atoms with Crippen LogP contribution in [0.3, 0.4) is 0 Å². The van der Waals surface area contributed by atoms with Crippen molar-refractivity contribution in [3.63, 3.8) is 0 Å². The Morgan fingerprint density at radius 2 is 2.12 bits per heavy atom. The van der Waals surface area contributed by atoms with Gasteiger partial charge < -0.3 is 10.3 Å². The lowest BCUT2D eigenvalue weighted by Gasteiger charge is -2.03. The lowest BCUT2D eigenvalue weighted by molar-refractivity contribution is 0.709. The summed E-state index contributed by atoms with van der Waals surface area (Å²) in [6.45, 7) is 4.79. The minimum absolute atomic E-state index is 0.524. The van der Waals surface area contributed by atoms with Gasteiger partial charge in [0.25, 0.3) is 0 Å². The lowest BCUT2D eigenvalue weighted by Crippen LogP contribution is -2.05. The van der Waals surface area contributed by atoms with Crippen LogP contribution in [0.4, 0.5) is 5.82 Å². The smallest absolute Gasteiger partial charge is 0.127 e. The minimum Gasteiger partial charge on any atom is -0.384 e. The quantitative estimate of drug-likeness (QED) is 0.589. The first kappa shape index (κ1) is 12.6. The molecule has 0 aliphatic heterocycles. The summed E-state index contributed by atoms with van der Waals surface area (Å²) in [7, 11) is 0. The summed E-state index contributed by atoms with van der Waals surface area (Å²) < 4.78 is 1.95. The Kier molecular flexibility index (Phi) is 4.91. The van der Waals surface area contributed by atoms with E-state index < -0.39 is 0 Å². The average Bonchev–Trinajstić information content (AvgIpc) is 2.58. The highest BCUT2D eigenvalue weighted by atomic mass is 15.1. The number of nitrogens with zero attached hydrogens (tertiary/aromatic N) is 2. The van der Waals surface area contributed by atoms with Crippen LogP contribution in [0.1, 0.15) is 44.6 Å². The zero-order chi connectivity index (χ0) is 12.0. The molecule has 1 aromatic heterocycles. The molecule has 1 aromatic rings. The van der Waals surface area contributed by atoms with Gasteiger partial charge >= 0.3 is 0 Å². The van der Waals surface area contributed by atoms with Crippen molar-refractivity contribution in [1.82, 2.24) is 9.55 Å². The molecule has 1 heterocycles. The van der Waals surface area contributed by atoms with Gasteiger partial charge in [-0.15, -0.1) is 6.42 Å². The number of aryl methyl sites for hydroxylation is 2. The van der Waals surface area contributed by atoms with E-state index in [2.05, 4.69) is 24.8 Å². The van der Waals surface area contributed by atoms with Gasteiger partial charge in [-0.2, -0.15) is 0 Å². The fourth-order valence-corrected chi connectivity index (χ4v) is 1.83. The van der Waals surface area contributed by atoms with Crippen LogP contribution in [-0.4, -0.2) is 9.55 Å². The Hall–Kier alpha value is -1.43. The van der Waals surface area contributed by atoms with E-state index in [1.165, 1.54) is 12.8 Å². The van der Waals surface area contributed by atoms with Gasteiger partial charge in [-0.3, -0.25) is 0 Å². The third-order valence-electron chi connectivity index (χ3n) is 2.74. The second-order valence-electron chi connectivity index (χ2n) is 3.96. The third kappa shape index (κ3) is 2.79. The number of terminal acetylenes is 1. The second kappa shape index (κ2) is 6.22. The van der Waals surface area contributed by atoms with Crippen LogP contribution in [0.15, 0.2) is 0 Å². The van der Waals surface area contributed by atoms with Crippen molar-refractivity contribution < 1.29 is 0 Å². The second-order valence-corrected chi connectivity index (χ2v) is 3.96. The van der Waals surface area contributed by atoms with Crippen LogP contribution in [0, 0.1) is 12.3 Å². The van der Waals surface area contributed by atoms with Crippen LogP contribution in [0.25, 0.3) is 0 Å². The van der Waals surface area contributed by atoms with Crippen LogP contribution in [0.2, 0.25) is 0 Å². The van der Waals surface area contributed by atoms with Crippen molar-refractivity contribution in [3.05, 3.63) is 11.5 Å². The summed E-state index contributed by atoms with van der Waals surface area (Å²) in [6, 6.07) is 0. The maximum absolute atomic E-state index is 6.05. The zero-order valence-electron chi connectivity index (χ0n) is 10.3. The molecule has 2 N–H and O–H groups in total. The maximum atomic E-state index is 6.05. The predicted octanol–water partition coefficient (Wildman–Crippen LogP) is 2.39.